The third kappa shape index (κ3) is 4.79. The molecule has 0 spiro atoms. The first-order valence-electron chi connectivity index (χ1n) is 8.80. The van der Waals surface area contributed by atoms with Crippen molar-refractivity contribution in [3.8, 4) is 11.5 Å². The molecule has 0 atom stereocenters. The number of carbonyl (C=O) groups is 2. The molecule has 2 aromatic carbocycles. The Bertz CT molecular complexity index is 894. The van der Waals surface area contributed by atoms with E-state index in [9.17, 15) is 9.59 Å². The second-order valence-electron chi connectivity index (χ2n) is 6.16. The average Bonchev–Trinajstić information content (AvgIpc) is 2.73. The highest BCUT2D eigenvalue weighted by Gasteiger charge is 2.13. The molecular weight excluding hydrogens is 360 g/mol. The Hall–Kier alpha value is -3.55. The minimum atomic E-state index is -0.333. The van der Waals surface area contributed by atoms with Gasteiger partial charge < -0.3 is 20.1 Å². The highest BCUT2D eigenvalue weighted by Crippen LogP contribution is 2.23. The zero-order valence-corrected chi connectivity index (χ0v) is 15.7. The van der Waals surface area contributed by atoms with Gasteiger partial charge in [0.2, 0.25) is 5.91 Å². The summed E-state index contributed by atoms with van der Waals surface area (Å²) in [6.45, 7) is 0.292. The van der Waals surface area contributed by atoms with E-state index in [4.69, 9.17) is 9.47 Å². The molecule has 28 heavy (non-hydrogen) atoms. The summed E-state index contributed by atoms with van der Waals surface area (Å²) in [6, 6.07) is 12.4. The molecule has 8 heteroatoms. The van der Waals surface area contributed by atoms with Crippen molar-refractivity contribution in [1.82, 2.24) is 10.7 Å². The zero-order valence-electron chi connectivity index (χ0n) is 15.7. The number of methoxy groups -OCH3 is 2. The molecule has 0 fully saturated rings. The number of hydrazone groups is 1. The van der Waals surface area contributed by atoms with E-state index in [1.807, 2.05) is 18.2 Å². The molecule has 0 aliphatic carbocycles. The van der Waals surface area contributed by atoms with Crippen molar-refractivity contribution in [1.29, 1.82) is 0 Å². The van der Waals surface area contributed by atoms with Crippen LogP contribution < -0.4 is 25.5 Å². The zero-order chi connectivity index (χ0) is 19.9. The monoisotopic (exact) mass is 382 g/mol. The van der Waals surface area contributed by atoms with Crippen molar-refractivity contribution in [3.05, 3.63) is 53.6 Å². The van der Waals surface area contributed by atoms with Crippen LogP contribution >= 0.6 is 0 Å². The molecule has 146 valence electrons. The van der Waals surface area contributed by atoms with E-state index in [1.54, 1.807) is 38.5 Å². The normalized spacial score (nSPS) is 13.2. The number of hydrogen-bond acceptors (Lipinski definition) is 5. The van der Waals surface area contributed by atoms with Crippen molar-refractivity contribution in [2.24, 2.45) is 5.10 Å². The third-order valence-corrected chi connectivity index (χ3v) is 4.31. The third-order valence-electron chi connectivity index (χ3n) is 4.31. The maximum absolute atomic E-state index is 12.2. The lowest BCUT2D eigenvalue weighted by Gasteiger charge is -2.13. The van der Waals surface area contributed by atoms with Crippen molar-refractivity contribution < 1.29 is 19.1 Å². The Morgan fingerprint density at radius 2 is 1.89 bits per heavy atom. The molecule has 0 saturated carbocycles. The van der Waals surface area contributed by atoms with Crippen LogP contribution in [0, 0.1) is 0 Å². The molecule has 3 N–H and O–H groups in total. The van der Waals surface area contributed by atoms with Gasteiger partial charge in [-0.1, -0.05) is 12.1 Å². The van der Waals surface area contributed by atoms with Crippen LogP contribution in [0.5, 0.6) is 11.5 Å². The number of hydrogen-bond donors (Lipinski definition) is 3. The van der Waals surface area contributed by atoms with Crippen LogP contribution in [-0.2, 0) is 11.3 Å². The molecule has 0 aromatic heterocycles. The maximum atomic E-state index is 12.2. The number of anilines is 1. The number of nitrogens with zero attached hydrogens (tertiary/aromatic N) is 1. The van der Waals surface area contributed by atoms with Gasteiger partial charge in [0.25, 0.3) is 0 Å². The molecule has 2 aromatic rings. The molecule has 0 unspecified atom stereocenters. The first kappa shape index (κ1) is 19.2. The van der Waals surface area contributed by atoms with Gasteiger partial charge in [-0.15, -0.1) is 0 Å². The summed E-state index contributed by atoms with van der Waals surface area (Å²) in [5, 5.41) is 9.64. The fourth-order valence-corrected chi connectivity index (χ4v) is 2.80. The number of amides is 3. The van der Waals surface area contributed by atoms with Crippen LogP contribution in [0.3, 0.4) is 0 Å². The fraction of sp³-hybridized carbons (Fsp3) is 0.250. The molecule has 8 nitrogen and oxygen atoms in total. The molecule has 1 heterocycles. The highest BCUT2D eigenvalue weighted by atomic mass is 16.5. The number of benzene rings is 2. The summed E-state index contributed by atoms with van der Waals surface area (Å²) in [4.78, 5) is 23.4. The summed E-state index contributed by atoms with van der Waals surface area (Å²) in [5.74, 6) is 1.28. The summed E-state index contributed by atoms with van der Waals surface area (Å²) >= 11 is 0. The number of carbonyl (C=O) groups excluding carboxylic acids is 2. The Balaban J connectivity index is 1.57. The summed E-state index contributed by atoms with van der Waals surface area (Å²) < 4.78 is 10.5. The number of nitrogens with one attached hydrogen (secondary N) is 3. The molecule has 0 bridgehead atoms. The van der Waals surface area contributed by atoms with Crippen LogP contribution in [0.1, 0.15) is 24.0 Å². The Labute approximate surface area is 162 Å². The number of rotatable bonds is 6. The molecule has 3 amide bonds. The van der Waals surface area contributed by atoms with Gasteiger partial charge in [0.15, 0.2) is 0 Å². The minimum Gasteiger partial charge on any atom is -0.497 e. The number of urea groups is 1. The van der Waals surface area contributed by atoms with Gasteiger partial charge >= 0.3 is 6.03 Å². The minimum absolute atomic E-state index is 0.0774. The van der Waals surface area contributed by atoms with Crippen molar-refractivity contribution in [2.45, 2.75) is 19.4 Å². The molecule has 1 aliphatic rings. The summed E-state index contributed by atoms with van der Waals surface area (Å²) in [5.41, 5.74) is 5.67. The summed E-state index contributed by atoms with van der Waals surface area (Å²) in [7, 11) is 3.16. The van der Waals surface area contributed by atoms with Crippen molar-refractivity contribution >= 4 is 23.3 Å². The largest absolute Gasteiger partial charge is 0.497 e. The lowest BCUT2D eigenvalue weighted by atomic mass is 10.0. The number of ether oxygens (including phenoxy) is 2. The Morgan fingerprint density at radius 1 is 1.11 bits per heavy atom. The van der Waals surface area contributed by atoms with Crippen LogP contribution in [0.2, 0.25) is 0 Å². The predicted molar refractivity (Wildman–Crippen MR) is 106 cm³/mol. The first-order chi connectivity index (χ1) is 13.6. The Morgan fingerprint density at radius 3 is 2.54 bits per heavy atom. The van der Waals surface area contributed by atoms with Gasteiger partial charge in [-0.3, -0.25) is 4.79 Å². The smallest absolute Gasteiger partial charge is 0.319 e. The molecule has 1 aliphatic heterocycles. The standard InChI is InChI=1S/C20H22N4O4/c1-27-16-7-9-18(28-2)14(11-16)12-21-20(26)22-15-5-3-13(4-6-15)17-8-10-19(25)24-23-17/h3-7,9,11H,8,10,12H2,1-2H3,(H,24,25)(H2,21,22,26). The Kier molecular flexibility index (Phi) is 6.11. The van der Waals surface area contributed by atoms with Crippen molar-refractivity contribution in [3.63, 3.8) is 0 Å². The van der Waals surface area contributed by atoms with E-state index in [0.717, 1.165) is 16.8 Å². The maximum Gasteiger partial charge on any atom is 0.319 e. The van der Waals surface area contributed by atoms with E-state index < -0.39 is 0 Å². The van der Waals surface area contributed by atoms with Crippen LogP contribution in [0.25, 0.3) is 0 Å². The van der Waals surface area contributed by atoms with Gasteiger partial charge in [0.05, 0.1) is 19.9 Å². The second kappa shape index (κ2) is 8.90. The lowest BCUT2D eigenvalue weighted by Crippen LogP contribution is -2.28. The quantitative estimate of drug-likeness (QED) is 0.715. The SMILES string of the molecule is COc1ccc(OC)c(CNC(=O)Nc2ccc(C3=NNC(=O)CC3)cc2)c1. The van der Waals surface area contributed by atoms with E-state index in [1.165, 1.54) is 0 Å². The topological polar surface area (TPSA) is 101 Å². The molecule has 3 rings (SSSR count). The molecule has 0 radical (unpaired) electrons. The van der Waals surface area contributed by atoms with E-state index in [2.05, 4.69) is 21.2 Å². The van der Waals surface area contributed by atoms with Gasteiger partial charge in [0, 0.05) is 30.6 Å². The van der Waals surface area contributed by atoms with Gasteiger partial charge in [-0.05, 0) is 35.9 Å². The van der Waals surface area contributed by atoms with Crippen LogP contribution in [0.4, 0.5) is 10.5 Å². The average molecular weight is 382 g/mol. The fourth-order valence-electron chi connectivity index (χ4n) is 2.80. The lowest BCUT2D eigenvalue weighted by molar-refractivity contribution is -0.121. The first-order valence-corrected chi connectivity index (χ1v) is 8.80. The second-order valence-corrected chi connectivity index (χ2v) is 6.16. The van der Waals surface area contributed by atoms with Gasteiger partial charge in [-0.25, -0.2) is 10.2 Å². The van der Waals surface area contributed by atoms with E-state index in [0.29, 0.717) is 36.6 Å². The predicted octanol–water partition coefficient (Wildman–Crippen LogP) is 2.64. The van der Waals surface area contributed by atoms with Crippen LogP contribution in [-0.4, -0.2) is 31.9 Å². The van der Waals surface area contributed by atoms with Gasteiger partial charge in [0.1, 0.15) is 11.5 Å². The van der Waals surface area contributed by atoms with Crippen molar-refractivity contribution in [2.75, 3.05) is 19.5 Å². The summed E-state index contributed by atoms with van der Waals surface area (Å²) in [6.07, 6.45) is 1.02. The van der Waals surface area contributed by atoms with E-state index >= 15 is 0 Å². The molecular formula is C20H22N4O4. The van der Waals surface area contributed by atoms with Crippen LogP contribution in [0.15, 0.2) is 47.6 Å². The van der Waals surface area contributed by atoms with E-state index in [-0.39, 0.29) is 11.9 Å². The van der Waals surface area contributed by atoms with Gasteiger partial charge in [-0.2, -0.15) is 5.10 Å². The highest BCUT2D eigenvalue weighted by molar-refractivity contribution is 6.04. The molecule has 0 saturated heterocycles.